The largest absolute Gasteiger partial charge is 0.455 e. The molecular weight excluding hydrogens is 580 g/mol. The van der Waals surface area contributed by atoms with Crippen molar-refractivity contribution in [3.05, 3.63) is 23.8 Å². The van der Waals surface area contributed by atoms with E-state index in [-0.39, 0.29) is 31.6 Å². The highest BCUT2D eigenvalue weighted by atomic mass is 16.8. The van der Waals surface area contributed by atoms with Crippen LogP contribution in [-0.4, -0.2) is 123 Å². The van der Waals surface area contributed by atoms with Crippen LogP contribution in [0, 0.1) is 23.2 Å². The minimum absolute atomic E-state index is 0.0419. The Labute approximate surface area is 245 Å². The van der Waals surface area contributed by atoms with Crippen LogP contribution in [0.25, 0.3) is 0 Å². The third-order valence-electron chi connectivity index (χ3n) is 9.43. The van der Waals surface area contributed by atoms with Crippen molar-refractivity contribution in [2.45, 2.75) is 87.1 Å². The van der Waals surface area contributed by atoms with Gasteiger partial charge in [-0.25, -0.2) is 4.79 Å². The van der Waals surface area contributed by atoms with Crippen molar-refractivity contribution in [2.24, 2.45) is 23.2 Å². The van der Waals surface area contributed by atoms with Gasteiger partial charge in [-0.1, -0.05) is 26.3 Å². The quantitative estimate of drug-likeness (QED) is 0.0829. The van der Waals surface area contributed by atoms with E-state index in [0.717, 1.165) is 6.08 Å². The van der Waals surface area contributed by atoms with E-state index in [1.54, 1.807) is 13.0 Å². The second-order valence-electron chi connectivity index (χ2n) is 12.1. The zero-order valence-corrected chi connectivity index (χ0v) is 23.5. The predicted molar refractivity (Wildman–Crippen MR) is 136 cm³/mol. The molecule has 0 radical (unpaired) electrons. The summed E-state index contributed by atoms with van der Waals surface area (Å²) < 4.78 is 15.8. The van der Waals surface area contributed by atoms with E-state index >= 15 is 0 Å². The number of hydrogen-bond donors (Lipinski definition) is 10. The molecule has 0 spiro atoms. The van der Waals surface area contributed by atoms with Crippen molar-refractivity contribution in [2.75, 3.05) is 13.4 Å². The predicted octanol–water partition coefficient (Wildman–Crippen LogP) is -3.84. The molecule has 3 fully saturated rings. The van der Waals surface area contributed by atoms with E-state index in [1.807, 2.05) is 6.92 Å². The maximum absolute atomic E-state index is 13.4. The van der Waals surface area contributed by atoms with Gasteiger partial charge >= 0.3 is 23.5 Å². The average molecular weight is 619 g/mol. The SMILES string of the molecule is CCCC(O)C1C(C2CC3OCOC3(C(=O)COC(=O)C(O)(C(O)(O)O)C(O)(O)O)C2)CC(O)(O)C2=CC(=O)C=CC21C. The number of allylic oxidation sites excluding steroid dienone is 3. The number of ether oxygens (including phenoxy) is 3. The summed E-state index contributed by atoms with van der Waals surface area (Å²) in [5, 5.41) is 99.2. The third-order valence-corrected chi connectivity index (χ3v) is 9.43. The summed E-state index contributed by atoms with van der Waals surface area (Å²) in [6.45, 7) is 1.91. The summed E-state index contributed by atoms with van der Waals surface area (Å²) in [5.41, 5.74) is -7.45. The number of carbonyl (C=O) groups excluding carboxylic acids is 3. The maximum Gasteiger partial charge on any atom is 0.356 e. The number of ketones is 2. The van der Waals surface area contributed by atoms with E-state index in [1.165, 1.54) is 6.08 Å². The highest BCUT2D eigenvalue weighted by molar-refractivity contribution is 6.01. The topological polar surface area (TPSA) is 281 Å². The van der Waals surface area contributed by atoms with Crippen molar-refractivity contribution in [3.8, 4) is 0 Å². The number of carbonyl (C=O) groups is 3. The lowest BCUT2D eigenvalue weighted by molar-refractivity contribution is -0.481. The second-order valence-corrected chi connectivity index (χ2v) is 12.1. The number of fused-ring (bicyclic) bond motifs is 2. The van der Waals surface area contributed by atoms with Gasteiger partial charge in [0.05, 0.1) is 12.2 Å². The Morgan fingerprint density at radius 3 is 2.30 bits per heavy atom. The van der Waals surface area contributed by atoms with Gasteiger partial charge in [-0.2, -0.15) is 0 Å². The van der Waals surface area contributed by atoms with E-state index in [4.69, 9.17) is 9.47 Å². The lowest BCUT2D eigenvalue weighted by Crippen LogP contribution is -2.73. The fraction of sp³-hybridized carbons (Fsp3) is 0.741. The average Bonchev–Trinajstić information content (AvgIpc) is 3.45. The van der Waals surface area contributed by atoms with Gasteiger partial charge in [0.15, 0.2) is 23.8 Å². The molecule has 4 rings (SSSR count). The molecule has 242 valence electrons. The zero-order valence-electron chi connectivity index (χ0n) is 23.5. The molecule has 1 aliphatic heterocycles. The van der Waals surface area contributed by atoms with Crippen molar-refractivity contribution in [1.82, 2.24) is 0 Å². The number of hydrogen-bond acceptors (Lipinski definition) is 16. The molecule has 2 saturated carbocycles. The van der Waals surface area contributed by atoms with Crippen LogP contribution in [0.4, 0.5) is 0 Å². The first-order valence-corrected chi connectivity index (χ1v) is 13.8. The van der Waals surface area contributed by atoms with E-state index in [9.17, 15) is 65.4 Å². The minimum atomic E-state index is -4.63. The van der Waals surface area contributed by atoms with Gasteiger partial charge in [-0.3, -0.25) is 9.59 Å². The Balaban J connectivity index is 1.62. The van der Waals surface area contributed by atoms with Crippen LogP contribution in [0.3, 0.4) is 0 Å². The molecule has 4 aliphatic rings. The number of Topliss-reactive ketones (excluding diaryl/α,β-unsaturated/α-hetero) is 1. The molecule has 43 heavy (non-hydrogen) atoms. The van der Waals surface area contributed by atoms with Crippen LogP contribution in [-0.2, 0) is 28.6 Å². The van der Waals surface area contributed by atoms with Gasteiger partial charge in [0.1, 0.15) is 6.79 Å². The third kappa shape index (κ3) is 5.38. The first kappa shape index (κ1) is 33.7. The molecular formula is C27H38O16. The van der Waals surface area contributed by atoms with Crippen LogP contribution >= 0.6 is 0 Å². The zero-order chi connectivity index (χ0) is 32.4. The monoisotopic (exact) mass is 618 g/mol. The lowest BCUT2D eigenvalue weighted by Gasteiger charge is -2.55. The summed E-state index contributed by atoms with van der Waals surface area (Å²) in [6.07, 6.45) is 2.73. The van der Waals surface area contributed by atoms with Gasteiger partial charge in [0, 0.05) is 23.3 Å². The fourth-order valence-corrected chi connectivity index (χ4v) is 7.36. The van der Waals surface area contributed by atoms with Gasteiger partial charge in [-0.05, 0) is 43.3 Å². The molecule has 0 bridgehead atoms. The normalized spacial score (nSPS) is 34.8. The van der Waals surface area contributed by atoms with E-state index in [2.05, 4.69) is 4.74 Å². The highest BCUT2D eigenvalue weighted by Gasteiger charge is 2.70. The molecule has 1 saturated heterocycles. The van der Waals surface area contributed by atoms with Crippen LogP contribution in [0.5, 0.6) is 0 Å². The van der Waals surface area contributed by atoms with Crippen molar-refractivity contribution in [1.29, 1.82) is 0 Å². The lowest BCUT2D eigenvalue weighted by atomic mass is 9.52. The van der Waals surface area contributed by atoms with Crippen LogP contribution in [0.1, 0.15) is 46.0 Å². The summed E-state index contributed by atoms with van der Waals surface area (Å²) in [4.78, 5) is 37.9. The Morgan fingerprint density at radius 1 is 1.09 bits per heavy atom. The van der Waals surface area contributed by atoms with E-state index in [0.29, 0.717) is 12.8 Å². The van der Waals surface area contributed by atoms with Crippen LogP contribution in [0.15, 0.2) is 23.8 Å². The Bertz CT molecular complexity index is 1180. The molecule has 3 aliphatic carbocycles. The molecule has 0 aromatic carbocycles. The van der Waals surface area contributed by atoms with Gasteiger partial charge in [0.2, 0.25) is 5.78 Å². The molecule has 7 atom stereocenters. The summed E-state index contributed by atoms with van der Waals surface area (Å²) in [7, 11) is 0. The van der Waals surface area contributed by atoms with Gasteiger partial charge in [-0.15, -0.1) is 0 Å². The summed E-state index contributed by atoms with van der Waals surface area (Å²) >= 11 is 0. The van der Waals surface area contributed by atoms with Crippen molar-refractivity contribution >= 4 is 17.5 Å². The minimum Gasteiger partial charge on any atom is -0.455 e. The Kier molecular flexibility index (Phi) is 8.63. The fourth-order valence-electron chi connectivity index (χ4n) is 7.36. The molecule has 1 heterocycles. The Morgan fingerprint density at radius 2 is 1.72 bits per heavy atom. The van der Waals surface area contributed by atoms with Crippen LogP contribution < -0.4 is 0 Å². The van der Waals surface area contributed by atoms with E-state index < -0.39 is 88.5 Å². The van der Waals surface area contributed by atoms with Crippen LogP contribution in [0.2, 0.25) is 0 Å². The molecule has 10 N–H and O–H groups in total. The summed E-state index contributed by atoms with van der Waals surface area (Å²) in [6, 6.07) is 0. The van der Waals surface area contributed by atoms with Crippen molar-refractivity contribution in [3.63, 3.8) is 0 Å². The second kappa shape index (κ2) is 11.0. The molecule has 16 nitrogen and oxygen atoms in total. The molecule has 0 aromatic heterocycles. The molecule has 0 amide bonds. The highest BCUT2D eigenvalue weighted by Crippen LogP contribution is 2.60. The number of esters is 1. The van der Waals surface area contributed by atoms with Gasteiger partial charge in [0.25, 0.3) is 0 Å². The Hall–Kier alpha value is -2.19. The number of aliphatic hydroxyl groups excluding tert-OH is 1. The smallest absolute Gasteiger partial charge is 0.356 e. The first-order valence-electron chi connectivity index (χ1n) is 13.8. The molecule has 7 unspecified atom stereocenters. The van der Waals surface area contributed by atoms with Gasteiger partial charge < -0.3 is 65.3 Å². The summed E-state index contributed by atoms with van der Waals surface area (Å²) in [5.74, 6) is -17.4. The molecule has 0 aromatic rings. The first-order chi connectivity index (χ1) is 19.7. The number of rotatable bonds is 10. The standard InChI is InChI=1S/C27H38O16/c1-3-4-16(29)20-15(10-24(32,33)17-8-14(28)5-6-22(17,20)2)13-7-19-23(9-13,43-12-42-19)18(30)11-41-21(31)25(34,26(35,36)37)27(38,39)40/h5-6,8,13,15-16,19-20,29,32-40H,3-4,7,9-12H2,1-2H3. The number of aliphatic hydroxyl groups is 10. The molecule has 16 heteroatoms. The maximum atomic E-state index is 13.4. The van der Waals surface area contributed by atoms with Crippen molar-refractivity contribution < 1.29 is 79.7 Å².